The molecule has 2 N–H and O–H groups in total. The van der Waals surface area contributed by atoms with E-state index in [1.54, 1.807) is 30.3 Å². The van der Waals surface area contributed by atoms with Gasteiger partial charge in [0.2, 0.25) is 0 Å². The second-order valence-corrected chi connectivity index (χ2v) is 6.06. The quantitative estimate of drug-likeness (QED) is 0.443. The van der Waals surface area contributed by atoms with Crippen LogP contribution >= 0.6 is 0 Å². The van der Waals surface area contributed by atoms with Crippen molar-refractivity contribution in [3.63, 3.8) is 0 Å². The summed E-state index contributed by atoms with van der Waals surface area (Å²) >= 11 is 0. The number of hydrogen-bond donors (Lipinski definition) is 2. The molecule has 0 aliphatic heterocycles. The number of H-pyrrole nitrogens is 1. The van der Waals surface area contributed by atoms with Crippen molar-refractivity contribution >= 4 is 35.1 Å². The lowest BCUT2D eigenvalue weighted by Gasteiger charge is -2.11. The summed E-state index contributed by atoms with van der Waals surface area (Å²) in [5, 5.41) is 9.27. The highest BCUT2D eigenvalue weighted by atomic mass is 16.6. The van der Waals surface area contributed by atoms with Gasteiger partial charge in [0.25, 0.3) is 0 Å². The number of fused-ring (bicyclic) bond motifs is 1. The van der Waals surface area contributed by atoms with Crippen molar-refractivity contribution in [1.29, 1.82) is 0 Å². The molecule has 29 heavy (non-hydrogen) atoms. The summed E-state index contributed by atoms with van der Waals surface area (Å²) in [6.45, 7) is 1.72. The van der Waals surface area contributed by atoms with Crippen LogP contribution in [-0.4, -0.2) is 47.3 Å². The minimum atomic E-state index is -1.02. The van der Waals surface area contributed by atoms with Gasteiger partial charge in [-0.3, -0.25) is 4.79 Å². The maximum absolute atomic E-state index is 11.3. The van der Waals surface area contributed by atoms with E-state index in [0.717, 1.165) is 5.56 Å². The Morgan fingerprint density at radius 1 is 1.14 bits per heavy atom. The molecule has 3 aromatic rings. The van der Waals surface area contributed by atoms with Gasteiger partial charge in [0, 0.05) is 6.92 Å². The van der Waals surface area contributed by atoms with Gasteiger partial charge in [0.1, 0.15) is 24.6 Å². The van der Waals surface area contributed by atoms with Crippen molar-refractivity contribution in [1.82, 2.24) is 9.97 Å². The molecule has 8 nitrogen and oxygen atoms in total. The molecule has 0 amide bonds. The SMILES string of the molecule is COc1cc(/C=C/c2nc3c(C(=O)O)cccc3[nH]2)ccc1OCCOC(C)=O. The predicted molar refractivity (Wildman–Crippen MR) is 107 cm³/mol. The average molecular weight is 396 g/mol. The van der Waals surface area contributed by atoms with Crippen LogP contribution in [0.3, 0.4) is 0 Å². The summed E-state index contributed by atoms with van der Waals surface area (Å²) in [4.78, 5) is 29.5. The Hall–Kier alpha value is -3.81. The molecule has 0 saturated carbocycles. The molecule has 1 aromatic heterocycles. The molecule has 0 spiro atoms. The molecule has 0 bridgehead atoms. The lowest BCUT2D eigenvalue weighted by Crippen LogP contribution is -2.10. The number of methoxy groups -OCH3 is 1. The largest absolute Gasteiger partial charge is 0.493 e. The number of carbonyl (C=O) groups excluding carboxylic acids is 1. The van der Waals surface area contributed by atoms with E-state index in [9.17, 15) is 14.7 Å². The third-order valence-corrected chi connectivity index (χ3v) is 4.03. The Bertz CT molecular complexity index is 1070. The van der Waals surface area contributed by atoms with E-state index in [4.69, 9.17) is 14.2 Å². The molecule has 1 heterocycles. The van der Waals surface area contributed by atoms with Gasteiger partial charge in [-0.1, -0.05) is 18.2 Å². The number of imidazole rings is 1. The van der Waals surface area contributed by atoms with E-state index in [1.807, 2.05) is 12.1 Å². The maximum Gasteiger partial charge on any atom is 0.337 e. The number of para-hydroxylation sites is 1. The first kappa shape index (κ1) is 19.9. The lowest BCUT2D eigenvalue weighted by atomic mass is 10.2. The van der Waals surface area contributed by atoms with Crippen molar-refractivity contribution in [2.45, 2.75) is 6.92 Å². The second kappa shape index (κ2) is 8.92. The van der Waals surface area contributed by atoms with Gasteiger partial charge >= 0.3 is 11.9 Å². The lowest BCUT2D eigenvalue weighted by molar-refractivity contribution is -0.141. The molecule has 0 radical (unpaired) electrons. The monoisotopic (exact) mass is 396 g/mol. The second-order valence-electron chi connectivity index (χ2n) is 6.06. The number of carboxylic acid groups (broad SMARTS) is 1. The van der Waals surface area contributed by atoms with Crippen LogP contribution < -0.4 is 9.47 Å². The van der Waals surface area contributed by atoms with Gasteiger partial charge in [0.15, 0.2) is 11.5 Å². The van der Waals surface area contributed by atoms with Crippen molar-refractivity contribution in [2.24, 2.45) is 0 Å². The average Bonchev–Trinajstić information content (AvgIpc) is 3.12. The Morgan fingerprint density at radius 2 is 1.97 bits per heavy atom. The molecule has 0 unspecified atom stereocenters. The Labute approximate surface area is 166 Å². The zero-order chi connectivity index (χ0) is 20.8. The summed E-state index contributed by atoms with van der Waals surface area (Å²) in [5.41, 5.74) is 2.05. The minimum absolute atomic E-state index is 0.148. The van der Waals surface area contributed by atoms with Crippen LogP contribution in [0.15, 0.2) is 36.4 Å². The summed E-state index contributed by atoms with van der Waals surface area (Å²) in [7, 11) is 1.54. The van der Waals surface area contributed by atoms with Crippen molar-refractivity contribution in [2.75, 3.05) is 20.3 Å². The van der Waals surface area contributed by atoms with Gasteiger partial charge < -0.3 is 24.3 Å². The topological polar surface area (TPSA) is 111 Å². The van der Waals surface area contributed by atoms with Crippen LogP contribution in [0.1, 0.15) is 28.7 Å². The molecule has 0 aliphatic rings. The fourth-order valence-electron chi connectivity index (χ4n) is 2.72. The van der Waals surface area contributed by atoms with Crippen LogP contribution in [-0.2, 0) is 9.53 Å². The number of ether oxygens (including phenoxy) is 3. The van der Waals surface area contributed by atoms with Gasteiger partial charge in [-0.15, -0.1) is 0 Å². The van der Waals surface area contributed by atoms with Crippen molar-refractivity contribution in [3.8, 4) is 11.5 Å². The number of hydrogen-bond acceptors (Lipinski definition) is 6. The standard InChI is InChI=1S/C21H20N2O6/c1-13(24)28-10-11-29-17-8-6-14(12-18(17)27-2)7-9-19-22-16-5-3-4-15(21(25)26)20(16)23-19/h3-9,12H,10-11H2,1-2H3,(H,22,23)(H,25,26)/b9-7+. The minimum Gasteiger partial charge on any atom is -0.493 e. The molecule has 0 fully saturated rings. The van der Waals surface area contributed by atoms with E-state index in [0.29, 0.717) is 28.4 Å². The third-order valence-electron chi connectivity index (χ3n) is 4.03. The zero-order valence-electron chi connectivity index (χ0n) is 16.0. The number of carboxylic acids is 1. The van der Waals surface area contributed by atoms with Crippen LogP contribution in [0.2, 0.25) is 0 Å². The predicted octanol–water partition coefficient (Wildman–Crippen LogP) is 3.38. The molecule has 3 rings (SSSR count). The van der Waals surface area contributed by atoms with Gasteiger partial charge in [-0.2, -0.15) is 0 Å². The number of esters is 1. The number of aromatic amines is 1. The van der Waals surface area contributed by atoms with Crippen LogP contribution in [0, 0.1) is 0 Å². The highest BCUT2D eigenvalue weighted by molar-refractivity contribution is 6.01. The Balaban J connectivity index is 1.75. The number of aromatic nitrogens is 2. The Kier molecular flexibility index (Phi) is 6.13. The fraction of sp³-hybridized carbons (Fsp3) is 0.190. The number of nitrogens with zero attached hydrogens (tertiary/aromatic N) is 1. The normalized spacial score (nSPS) is 11.0. The first-order valence-corrected chi connectivity index (χ1v) is 8.82. The molecule has 2 aromatic carbocycles. The highest BCUT2D eigenvalue weighted by Gasteiger charge is 2.11. The van der Waals surface area contributed by atoms with Crippen molar-refractivity contribution in [3.05, 3.63) is 53.3 Å². The van der Waals surface area contributed by atoms with Crippen molar-refractivity contribution < 1.29 is 28.9 Å². The van der Waals surface area contributed by atoms with Gasteiger partial charge in [-0.25, -0.2) is 9.78 Å². The molecule has 0 atom stereocenters. The molecule has 150 valence electrons. The van der Waals surface area contributed by atoms with E-state index < -0.39 is 5.97 Å². The first-order valence-electron chi connectivity index (χ1n) is 8.82. The fourth-order valence-corrected chi connectivity index (χ4v) is 2.72. The molecular weight excluding hydrogens is 376 g/mol. The molecule has 0 aliphatic carbocycles. The summed E-state index contributed by atoms with van der Waals surface area (Å²) in [6.07, 6.45) is 3.57. The number of carbonyl (C=O) groups is 2. The maximum atomic E-state index is 11.3. The summed E-state index contributed by atoms with van der Waals surface area (Å²) in [6, 6.07) is 10.4. The third kappa shape index (κ3) is 4.92. The number of nitrogens with one attached hydrogen (secondary N) is 1. The Morgan fingerprint density at radius 3 is 2.69 bits per heavy atom. The van der Waals surface area contributed by atoms with Gasteiger partial charge in [0.05, 0.1) is 18.2 Å². The summed E-state index contributed by atoms with van der Waals surface area (Å²) < 4.78 is 15.8. The zero-order valence-corrected chi connectivity index (χ0v) is 16.0. The molecule has 0 saturated heterocycles. The molecular formula is C21H20N2O6. The van der Waals surface area contributed by atoms with E-state index >= 15 is 0 Å². The van der Waals surface area contributed by atoms with E-state index in [2.05, 4.69) is 9.97 Å². The van der Waals surface area contributed by atoms with E-state index in [1.165, 1.54) is 20.1 Å². The number of rotatable bonds is 8. The van der Waals surface area contributed by atoms with Crippen LogP contribution in [0.25, 0.3) is 23.2 Å². The number of aromatic carboxylic acids is 1. The summed E-state index contributed by atoms with van der Waals surface area (Å²) in [5.74, 6) is 0.225. The van der Waals surface area contributed by atoms with Gasteiger partial charge in [-0.05, 0) is 35.9 Å². The van der Waals surface area contributed by atoms with Crippen LogP contribution in [0.5, 0.6) is 11.5 Å². The van der Waals surface area contributed by atoms with E-state index in [-0.39, 0.29) is 24.7 Å². The smallest absolute Gasteiger partial charge is 0.337 e. The molecule has 8 heteroatoms. The number of benzene rings is 2. The first-order chi connectivity index (χ1) is 14.0. The van der Waals surface area contributed by atoms with Crippen LogP contribution in [0.4, 0.5) is 0 Å². The highest BCUT2D eigenvalue weighted by Crippen LogP contribution is 2.29.